The summed E-state index contributed by atoms with van der Waals surface area (Å²) in [7, 11) is 0. The lowest BCUT2D eigenvalue weighted by Crippen LogP contribution is -2.35. The minimum absolute atomic E-state index is 0.0103. The van der Waals surface area contributed by atoms with Crippen LogP contribution in [0.1, 0.15) is 36.0 Å². The zero-order chi connectivity index (χ0) is 13.5. The Morgan fingerprint density at radius 3 is 2.63 bits per heavy atom. The van der Waals surface area contributed by atoms with Gasteiger partial charge in [0.15, 0.2) is 0 Å². The van der Waals surface area contributed by atoms with Gasteiger partial charge in [0, 0.05) is 23.1 Å². The van der Waals surface area contributed by atoms with Crippen molar-refractivity contribution in [2.45, 2.75) is 25.7 Å². The molecule has 1 aromatic rings. The Hall–Kier alpha value is -0.870. The number of halogens is 1. The zero-order valence-corrected chi connectivity index (χ0v) is 12.8. The van der Waals surface area contributed by atoms with Crippen LogP contribution in [0.5, 0.6) is 0 Å². The van der Waals surface area contributed by atoms with Crippen molar-refractivity contribution in [1.29, 1.82) is 0 Å². The first-order valence-electron chi connectivity index (χ1n) is 7.02. The highest BCUT2D eigenvalue weighted by molar-refractivity contribution is 9.10. The molecular weight excluding hydrogens is 304 g/mol. The van der Waals surface area contributed by atoms with Gasteiger partial charge in [-0.1, -0.05) is 34.8 Å². The maximum absolute atomic E-state index is 12.0. The van der Waals surface area contributed by atoms with E-state index in [4.69, 9.17) is 0 Å². The largest absolute Gasteiger partial charge is 0.351 e. The summed E-state index contributed by atoms with van der Waals surface area (Å²) in [5.41, 5.74) is 0.713. The summed E-state index contributed by atoms with van der Waals surface area (Å²) in [5.74, 6) is 0.0103. The highest BCUT2D eigenvalue weighted by Gasteiger charge is 2.09. The van der Waals surface area contributed by atoms with Crippen molar-refractivity contribution in [2.75, 3.05) is 26.2 Å². The van der Waals surface area contributed by atoms with E-state index in [-0.39, 0.29) is 5.91 Å². The van der Waals surface area contributed by atoms with Crippen LogP contribution in [0.25, 0.3) is 0 Å². The normalized spacial score (nSPS) is 16.9. The van der Waals surface area contributed by atoms with E-state index in [0.29, 0.717) is 5.56 Å². The van der Waals surface area contributed by atoms with Crippen LogP contribution < -0.4 is 5.32 Å². The van der Waals surface area contributed by atoms with Crippen molar-refractivity contribution < 1.29 is 4.79 Å². The van der Waals surface area contributed by atoms with Gasteiger partial charge in [-0.2, -0.15) is 0 Å². The first kappa shape index (κ1) is 14.5. The Kier molecular flexibility index (Phi) is 5.86. The van der Waals surface area contributed by atoms with E-state index in [1.54, 1.807) is 0 Å². The maximum atomic E-state index is 12.0. The van der Waals surface area contributed by atoms with E-state index in [1.807, 2.05) is 24.3 Å². The molecule has 1 saturated heterocycles. The number of amides is 1. The van der Waals surface area contributed by atoms with Gasteiger partial charge in [-0.15, -0.1) is 0 Å². The number of benzene rings is 1. The summed E-state index contributed by atoms with van der Waals surface area (Å²) in [6.45, 7) is 4.03. The summed E-state index contributed by atoms with van der Waals surface area (Å²) < 4.78 is 0.938. The fourth-order valence-electron chi connectivity index (χ4n) is 2.42. The highest BCUT2D eigenvalue weighted by atomic mass is 79.9. The second-order valence-electron chi connectivity index (χ2n) is 5.02. The van der Waals surface area contributed by atoms with E-state index in [9.17, 15) is 4.79 Å². The van der Waals surface area contributed by atoms with Crippen LogP contribution in [0, 0.1) is 0 Å². The number of hydrogen-bond donors (Lipinski definition) is 1. The van der Waals surface area contributed by atoms with Crippen molar-refractivity contribution in [1.82, 2.24) is 10.2 Å². The molecule has 0 spiro atoms. The van der Waals surface area contributed by atoms with Gasteiger partial charge in [0.2, 0.25) is 0 Å². The van der Waals surface area contributed by atoms with Crippen LogP contribution in [0.4, 0.5) is 0 Å². The molecule has 0 aliphatic carbocycles. The Labute approximate surface area is 123 Å². The molecule has 1 amide bonds. The maximum Gasteiger partial charge on any atom is 0.251 e. The summed E-state index contributed by atoms with van der Waals surface area (Å²) in [6, 6.07) is 7.50. The summed E-state index contributed by atoms with van der Waals surface area (Å²) in [4.78, 5) is 14.4. The minimum atomic E-state index is 0.0103. The van der Waals surface area contributed by atoms with Crippen molar-refractivity contribution in [3.63, 3.8) is 0 Å². The molecule has 1 aliphatic rings. The van der Waals surface area contributed by atoms with Crippen LogP contribution in [0.3, 0.4) is 0 Å². The summed E-state index contributed by atoms with van der Waals surface area (Å²) in [6.07, 6.45) is 5.28. The third kappa shape index (κ3) is 4.96. The smallest absolute Gasteiger partial charge is 0.251 e. The molecule has 3 nitrogen and oxygen atoms in total. The minimum Gasteiger partial charge on any atom is -0.351 e. The molecule has 0 unspecified atom stereocenters. The van der Waals surface area contributed by atoms with Crippen molar-refractivity contribution in [2.24, 2.45) is 0 Å². The lowest BCUT2D eigenvalue weighted by Gasteiger charge is -2.19. The monoisotopic (exact) mass is 324 g/mol. The molecule has 1 fully saturated rings. The van der Waals surface area contributed by atoms with E-state index in [1.165, 1.54) is 38.8 Å². The fourth-order valence-corrected chi connectivity index (χ4v) is 2.82. The average Bonchev–Trinajstić information content (AvgIpc) is 2.67. The van der Waals surface area contributed by atoms with Crippen molar-refractivity contribution >= 4 is 21.8 Å². The van der Waals surface area contributed by atoms with Gasteiger partial charge in [-0.05, 0) is 44.1 Å². The van der Waals surface area contributed by atoms with Crippen LogP contribution >= 0.6 is 15.9 Å². The molecule has 1 aromatic carbocycles. The van der Waals surface area contributed by atoms with Crippen LogP contribution in [0.15, 0.2) is 28.7 Å². The molecule has 2 rings (SSSR count). The fraction of sp³-hybridized carbons (Fsp3) is 0.533. The zero-order valence-electron chi connectivity index (χ0n) is 11.2. The molecule has 1 N–H and O–H groups in total. The molecule has 0 aromatic heterocycles. The number of nitrogens with one attached hydrogen (secondary N) is 1. The highest BCUT2D eigenvalue weighted by Crippen LogP contribution is 2.11. The van der Waals surface area contributed by atoms with Gasteiger partial charge < -0.3 is 10.2 Å². The predicted molar refractivity (Wildman–Crippen MR) is 81.4 cm³/mol. The Morgan fingerprint density at radius 2 is 1.95 bits per heavy atom. The molecule has 0 atom stereocenters. The first-order valence-corrected chi connectivity index (χ1v) is 7.81. The standard InChI is InChI=1S/C15H21BrN2O/c16-14-7-5-6-13(12-14)15(19)17-8-11-18-9-3-1-2-4-10-18/h5-7,12H,1-4,8-11H2,(H,17,19). The van der Waals surface area contributed by atoms with Gasteiger partial charge in [0.25, 0.3) is 5.91 Å². The molecule has 104 valence electrons. The van der Waals surface area contributed by atoms with Crippen LogP contribution in [-0.4, -0.2) is 37.0 Å². The molecular formula is C15H21BrN2O. The van der Waals surface area contributed by atoms with E-state index < -0.39 is 0 Å². The third-order valence-corrected chi connectivity index (χ3v) is 3.99. The van der Waals surface area contributed by atoms with E-state index in [0.717, 1.165) is 17.6 Å². The van der Waals surface area contributed by atoms with Gasteiger partial charge in [-0.25, -0.2) is 0 Å². The van der Waals surface area contributed by atoms with Gasteiger partial charge in [-0.3, -0.25) is 4.79 Å². The molecule has 0 radical (unpaired) electrons. The molecule has 19 heavy (non-hydrogen) atoms. The number of nitrogens with zero attached hydrogens (tertiary/aromatic N) is 1. The Balaban J connectivity index is 1.74. The second-order valence-corrected chi connectivity index (χ2v) is 5.94. The van der Waals surface area contributed by atoms with Gasteiger partial charge in [0.05, 0.1) is 0 Å². The van der Waals surface area contributed by atoms with E-state index >= 15 is 0 Å². The lowest BCUT2D eigenvalue weighted by molar-refractivity contribution is 0.0948. The molecule has 0 saturated carbocycles. The number of rotatable bonds is 4. The number of hydrogen-bond acceptors (Lipinski definition) is 2. The molecule has 0 bridgehead atoms. The summed E-state index contributed by atoms with van der Waals surface area (Å²) >= 11 is 3.38. The SMILES string of the molecule is O=C(NCCN1CCCCCC1)c1cccc(Br)c1. The number of carbonyl (C=O) groups excluding carboxylic acids is 1. The summed E-state index contributed by atoms with van der Waals surface area (Å²) in [5, 5.41) is 2.99. The molecule has 4 heteroatoms. The van der Waals surface area contributed by atoms with Crippen molar-refractivity contribution in [3.8, 4) is 0 Å². The average molecular weight is 325 g/mol. The predicted octanol–water partition coefficient (Wildman–Crippen LogP) is 3.05. The second kappa shape index (κ2) is 7.65. The van der Waals surface area contributed by atoms with E-state index in [2.05, 4.69) is 26.1 Å². The van der Waals surface area contributed by atoms with Crippen LogP contribution in [0.2, 0.25) is 0 Å². The Bertz CT molecular complexity index is 414. The van der Waals surface area contributed by atoms with Crippen LogP contribution in [-0.2, 0) is 0 Å². The first-order chi connectivity index (χ1) is 9.25. The topological polar surface area (TPSA) is 32.3 Å². The van der Waals surface area contributed by atoms with Gasteiger partial charge in [0.1, 0.15) is 0 Å². The molecule has 1 heterocycles. The lowest BCUT2D eigenvalue weighted by atomic mass is 10.2. The number of likely N-dealkylation sites (tertiary alicyclic amines) is 1. The van der Waals surface area contributed by atoms with Gasteiger partial charge >= 0.3 is 0 Å². The third-order valence-electron chi connectivity index (χ3n) is 3.50. The Morgan fingerprint density at radius 1 is 1.21 bits per heavy atom. The number of carbonyl (C=O) groups is 1. The van der Waals surface area contributed by atoms with Crippen molar-refractivity contribution in [3.05, 3.63) is 34.3 Å². The quantitative estimate of drug-likeness (QED) is 0.923. The molecule has 1 aliphatic heterocycles.